The van der Waals surface area contributed by atoms with Gasteiger partial charge >= 0.3 is 0 Å². The van der Waals surface area contributed by atoms with Gasteiger partial charge in [0.2, 0.25) is 0 Å². The molecule has 0 aliphatic heterocycles. The number of fused-ring (bicyclic) bond motifs is 1. The molecule has 3 nitrogen and oxygen atoms in total. The normalized spacial score (nSPS) is 10.6. The first kappa shape index (κ1) is 10.5. The quantitative estimate of drug-likeness (QED) is 0.739. The minimum atomic E-state index is -0.467. The molecule has 0 unspecified atom stereocenters. The van der Waals surface area contributed by atoms with E-state index in [1.165, 1.54) is 23.0 Å². The summed E-state index contributed by atoms with van der Waals surface area (Å²) in [6, 6.07) is 4.39. The zero-order valence-electron chi connectivity index (χ0n) is 8.69. The molecule has 0 atom stereocenters. The van der Waals surface area contributed by atoms with Gasteiger partial charge in [-0.3, -0.25) is 9.36 Å². The Balaban J connectivity index is 2.61. The Hall–Kier alpha value is -1.97. The van der Waals surface area contributed by atoms with Crippen LogP contribution in [0.2, 0.25) is 0 Å². The molecular weight excluding hydrogens is 207 g/mol. The van der Waals surface area contributed by atoms with Crippen molar-refractivity contribution in [1.29, 1.82) is 0 Å². The highest BCUT2D eigenvalue weighted by atomic mass is 19.1. The maximum atomic E-state index is 13.3. The van der Waals surface area contributed by atoms with Gasteiger partial charge in [0.1, 0.15) is 11.3 Å². The van der Waals surface area contributed by atoms with Crippen molar-refractivity contribution in [3.05, 3.63) is 53.4 Å². The topological polar surface area (TPSA) is 34.9 Å². The monoisotopic (exact) mass is 218 g/mol. The van der Waals surface area contributed by atoms with Gasteiger partial charge in [0.25, 0.3) is 5.56 Å². The number of allylic oxidation sites excluding steroid dienone is 1. The zero-order chi connectivity index (χ0) is 11.5. The molecule has 2 rings (SSSR count). The second-order valence-corrected chi connectivity index (χ2v) is 3.46. The highest BCUT2D eigenvalue weighted by Crippen LogP contribution is 2.10. The molecule has 16 heavy (non-hydrogen) atoms. The third-order valence-corrected chi connectivity index (χ3v) is 2.38. The Morgan fingerprint density at radius 2 is 2.31 bits per heavy atom. The van der Waals surface area contributed by atoms with Gasteiger partial charge in [-0.1, -0.05) is 12.1 Å². The molecule has 0 N–H and O–H groups in total. The van der Waals surface area contributed by atoms with E-state index in [1.807, 2.05) is 0 Å². The fraction of sp³-hybridized carbons (Fsp3) is 0.167. The third-order valence-electron chi connectivity index (χ3n) is 2.38. The van der Waals surface area contributed by atoms with Crippen LogP contribution in [0.4, 0.5) is 4.39 Å². The molecule has 0 aliphatic carbocycles. The molecule has 1 aromatic carbocycles. The van der Waals surface area contributed by atoms with Gasteiger partial charge in [0, 0.05) is 6.54 Å². The Bertz CT molecular complexity index is 589. The van der Waals surface area contributed by atoms with E-state index >= 15 is 0 Å². The summed E-state index contributed by atoms with van der Waals surface area (Å²) in [4.78, 5) is 15.9. The molecule has 82 valence electrons. The van der Waals surface area contributed by atoms with Crippen molar-refractivity contribution in [1.82, 2.24) is 9.55 Å². The van der Waals surface area contributed by atoms with Crippen molar-refractivity contribution in [3.63, 3.8) is 0 Å². The molecule has 1 aromatic heterocycles. The van der Waals surface area contributed by atoms with Crippen LogP contribution in [0.5, 0.6) is 0 Å². The lowest BCUT2D eigenvalue weighted by molar-refractivity contribution is 0.630. The molecule has 0 saturated heterocycles. The van der Waals surface area contributed by atoms with Crippen molar-refractivity contribution in [2.45, 2.75) is 13.0 Å². The number of hydrogen-bond acceptors (Lipinski definition) is 2. The fourth-order valence-corrected chi connectivity index (χ4v) is 1.54. The van der Waals surface area contributed by atoms with Gasteiger partial charge in [0.15, 0.2) is 0 Å². The number of benzene rings is 1. The molecule has 4 heteroatoms. The number of aromatic nitrogens is 2. The van der Waals surface area contributed by atoms with Crippen LogP contribution < -0.4 is 5.56 Å². The molecule has 2 aromatic rings. The average molecular weight is 218 g/mol. The van der Waals surface area contributed by atoms with E-state index in [9.17, 15) is 9.18 Å². The highest BCUT2D eigenvalue weighted by molar-refractivity contribution is 5.77. The fourth-order valence-electron chi connectivity index (χ4n) is 1.54. The molecule has 1 heterocycles. The van der Waals surface area contributed by atoms with Crippen LogP contribution in [-0.2, 0) is 6.54 Å². The number of nitrogens with zero attached hydrogens (tertiary/aromatic N) is 2. The lowest BCUT2D eigenvalue weighted by Gasteiger charge is -2.04. The number of para-hydroxylation sites is 1. The maximum absolute atomic E-state index is 13.3. The van der Waals surface area contributed by atoms with Crippen molar-refractivity contribution >= 4 is 10.9 Å². The van der Waals surface area contributed by atoms with Crippen LogP contribution in [0.3, 0.4) is 0 Å². The predicted molar refractivity (Wildman–Crippen MR) is 60.8 cm³/mol. The third kappa shape index (κ3) is 1.74. The second kappa shape index (κ2) is 4.26. The Labute approximate surface area is 91.9 Å². The standard InChI is InChI=1S/C12H11FN2O/c1-2-3-7-15-8-14-11-9(12(15)16)5-4-6-10(11)13/h2,4-6,8H,1,3,7H2. The second-order valence-electron chi connectivity index (χ2n) is 3.46. The van der Waals surface area contributed by atoms with Gasteiger partial charge in [-0.05, 0) is 18.6 Å². The summed E-state index contributed by atoms with van der Waals surface area (Å²) in [5.41, 5.74) is -0.0892. The van der Waals surface area contributed by atoms with Crippen molar-refractivity contribution in [2.24, 2.45) is 0 Å². The maximum Gasteiger partial charge on any atom is 0.261 e. The van der Waals surface area contributed by atoms with Gasteiger partial charge < -0.3 is 0 Å². The van der Waals surface area contributed by atoms with Crippen LogP contribution >= 0.6 is 0 Å². The van der Waals surface area contributed by atoms with Crippen molar-refractivity contribution in [2.75, 3.05) is 0 Å². The molecule has 0 bridgehead atoms. The molecule has 0 spiro atoms. The molecule has 0 saturated carbocycles. The Kier molecular flexibility index (Phi) is 2.81. The summed E-state index contributed by atoms with van der Waals surface area (Å²) in [5.74, 6) is -0.467. The summed E-state index contributed by atoms with van der Waals surface area (Å²) in [6.45, 7) is 4.10. The van der Waals surface area contributed by atoms with Gasteiger partial charge in [-0.15, -0.1) is 6.58 Å². The van der Waals surface area contributed by atoms with E-state index in [0.29, 0.717) is 18.4 Å². The molecule has 0 fully saturated rings. The van der Waals surface area contributed by atoms with Crippen LogP contribution in [0.25, 0.3) is 10.9 Å². The van der Waals surface area contributed by atoms with Gasteiger partial charge in [0.05, 0.1) is 11.7 Å². The van der Waals surface area contributed by atoms with Crippen LogP contribution in [0.1, 0.15) is 6.42 Å². The first-order valence-electron chi connectivity index (χ1n) is 4.98. The number of rotatable bonds is 3. The van der Waals surface area contributed by atoms with Crippen molar-refractivity contribution < 1.29 is 4.39 Å². The van der Waals surface area contributed by atoms with E-state index in [4.69, 9.17) is 0 Å². The minimum Gasteiger partial charge on any atom is -0.298 e. The Morgan fingerprint density at radius 1 is 1.50 bits per heavy atom. The van der Waals surface area contributed by atoms with Gasteiger partial charge in [-0.2, -0.15) is 0 Å². The van der Waals surface area contributed by atoms with E-state index in [-0.39, 0.29) is 11.1 Å². The summed E-state index contributed by atoms with van der Waals surface area (Å²) >= 11 is 0. The van der Waals surface area contributed by atoms with Gasteiger partial charge in [-0.25, -0.2) is 9.37 Å². The lowest BCUT2D eigenvalue weighted by Crippen LogP contribution is -2.20. The van der Waals surface area contributed by atoms with Crippen LogP contribution in [-0.4, -0.2) is 9.55 Å². The lowest BCUT2D eigenvalue weighted by atomic mass is 10.2. The van der Waals surface area contributed by atoms with E-state index < -0.39 is 5.82 Å². The molecule has 0 aliphatic rings. The average Bonchev–Trinajstić information content (AvgIpc) is 2.29. The molecule has 0 radical (unpaired) electrons. The summed E-state index contributed by atoms with van der Waals surface area (Å²) in [5, 5.41) is 0.312. The predicted octanol–water partition coefficient (Wildman–Crippen LogP) is 2.11. The number of hydrogen-bond donors (Lipinski definition) is 0. The summed E-state index contributed by atoms with van der Waals surface area (Å²) in [6.07, 6.45) is 3.78. The van der Waals surface area contributed by atoms with E-state index in [1.54, 1.807) is 12.1 Å². The Morgan fingerprint density at radius 3 is 3.06 bits per heavy atom. The van der Waals surface area contributed by atoms with Crippen molar-refractivity contribution in [3.8, 4) is 0 Å². The SMILES string of the molecule is C=CCCn1cnc2c(F)cccc2c1=O. The van der Waals surface area contributed by atoms with Crippen LogP contribution in [0, 0.1) is 5.82 Å². The smallest absolute Gasteiger partial charge is 0.261 e. The first-order valence-corrected chi connectivity index (χ1v) is 4.98. The first-order chi connectivity index (χ1) is 7.74. The molecular formula is C12H11FN2O. The van der Waals surface area contributed by atoms with E-state index in [2.05, 4.69) is 11.6 Å². The largest absolute Gasteiger partial charge is 0.298 e. The molecule has 0 amide bonds. The zero-order valence-corrected chi connectivity index (χ0v) is 8.69. The summed E-state index contributed by atoms with van der Waals surface area (Å²) in [7, 11) is 0. The number of halogens is 1. The minimum absolute atomic E-state index is 0.127. The number of aryl methyl sites for hydroxylation is 1. The van der Waals surface area contributed by atoms with E-state index in [0.717, 1.165) is 0 Å². The highest BCUT2D eigenvalue weighted by Gasteiger charge is 2.06. The summed E-state index contributed by atoms with van der Waals surface area (Å²) < 4.78 is 14.8. The van der Waals surface area contributed by atoms with Crippen LogP contribution in [0.15, 0.2) is 42.0 Å².